The highest BCUT2D eigenvalue weighted by Gasteiger charge is 1.96. The molecule has 2 N–H and O–H groups in total. The van der Waals surface area contributed by atoms with E-state index in [0.717, 1.165) is 0 Å². The van der Waals surface area contributed by atoms with Crippen LogP contribution in [0, 0.1) is 6.92 Å². The van der Waals surface area contributed by atoms with Crippen molar-refractivity contribution < 1.29 is 0 Å². The van der Waals surface area contributed by atoms with Gasteiger partial charge in [0.25, 0.3) is 5.56 Å². The summed E-state index contributed by atoms with van der Waals surface area (Å²) in [5.41, 5.74) is -0.185. The third kappa shape index (κ3) is 3.29. The van der Waals surface area contributed by atoms with Crippen molar-refractivity contribution >= 4 is 17.4 Å². The number of halogens is 1. The first-order valence-electron chi connectivity index (χ1n) is 3.73. The summed E-state index contributed by atoms with van der Waals surface area (Å²) in [4.78, 5) is 17.5. The van der Waals surface area contributed by atoms with E-state index in [1.54, 1.807) is 6.92 Å². The minimum absolute atomic E-state index is 0.185. The van der Waals surface area contributed by atoms with E-state index in [1.165, 1.54) is 6.07 Å². The van der Waals surface area contributed by atoms with Crippen LogP contribution >= 0.6 is 11.6 Å². The van der Waals surface area contributed by atoms with E-state index in [-0.39, 0.29) is 5.56 Å². The lowest BCUT2D eigenvalue weighted by atomic mass is 10.5. The van der Waals surface area contributed by atoms with Crippen molar-refractivity contribution in [3.8, 4) is 0 Å². The molecule has 70 valence electrons. The quantitative estimate of drug-likeness (QED) is 0.770. The molecule has 1 aromatic rings. The van der Waals surface area contributed by atoms with Gasteiger partial charge in [-0.05, 0) is 6.92 Å². The van der Waals surface area contributed by atoms with Crippen molar-refractivity contribution in [1.82, 2.24) is 9.97 Å². The third-order valence-electron chi connectivity index (χ3n) is 1.32. The lowest BCUT2D eigenvalue weighted by Crippen LogP contribution is -2.12. The number of nitrogens with one attached hydrogen (secondary N) is 2. The molecule has 0 unspecified atom stereocenters. The standard InChI is InChI=1S/C8H10ClN3O/c1-5(9)4-10-7-3-8(13)12-6(2)11-7/h3H,1,4H2,2H3,(H2,10,11,12,13). The first-order chi connectivity index (χ1) is 6.08. The van der Waals surface area contributed by atoms with Gasteiger partial charge in [0.1, 0.15) is 11.6 Å². The van der Waals surface area contributed by atoms with Crippen LogP contribution in [-0.4, -0.2) is 16.5 Å². The number of anilines is 1. The number of H-pyrrole nitrogens is 1. The fraction of sp³-hybridized carbons (Fsp3) is 0.250. The zero-order valence-electron chi connectivity index (χ0n) is 7.22. The number of hydrogen-bond acceptors (Lipinski definition) is 3. The van der Waals surface area contributed by atoms with Crippen molar-refractivity contribution in [3.05, 3.63) is 33.9 Å². The Kier molecular flexibility index (Phi) is 3.08. The molecule has 0 aliphatic rings. The van der Waals surface area contributed by atoms with Gasteiger partial charge in [0.05, 0.1) is 6.54 Å². The summed E-state index contributed by atoms with van der Waals surface area (Å²) in [6, 6.07) is 1.37. The summed E-state index contributed by atoms with van der Waals surface area (Å²) < 4.78 is 0. The molecular formula is C8H10ClN3O. The minimum atomic E-state index is -0.185. The van der Waals surface area contributed by atoms with E-state index in [2.05, 4.69) is 21.9 Å². The lowest BCUT2D eigenvalue weighted by Gasteiger charge is -2.03. The molecule has 0 aliphatic carbocycles. The van der Waals surface area contributed by atoms with Crippen LogP contribution in [0.3, 0.4) is 0 Å². The van der Waals surface area contributed by atoms with Gasteiger partial charge in [-0.1, -0.05) is 18.2 Å². The van der Waals surface area contributed by atoms with Crippen LogP contribution < -0.4 is 10.9 Å². The summed E-state index contributed by atoms with van der Waals surface area (Å²) in [7, 11) is 0. The highest BCUT2D eigenvalue weighted by atomic mass is 35.5. The molecule has 0 aromatic carbocycles. The Morgan fingerprint density at radius 3 is 3.08 bits per heavy atom. The fourth-order valence-electron chi connectivity index (χ4n) is 0.856. The summed E-state index contributed by atoms with van der Waals surface area (Å²) in [6.07, 6.45) is 0. The van der Waals surface area contributed by atoms with E-state index in [9.17, 15) is 4.79 Å². The van der Waals surface area contributed by atoms with E-state index < -0.39 is 0 Å². The monoisotopic (exact) mass is 199 g/mol. The first kappa shape index (κ1) is 9.80. The maximum Gasteiger partial charge on any atom is 0.252 e. The number of nitrogens with zero attached hydrogens (tertiary/aromatic N) is 1. The zero-order chi connectivity index (χ0) is 9.84. The Hall–Kier alpha value is -1.29. The van der Waals surface area contributed by atoms with Crippen LogP contribution in [0.1, 0.15) is 5.82 Å². The third-order valence-corrected chi connectivity index (χ3v) is 1.46. The molecule has 5 heteroatoms. The van der Waals surface area contributed by atoms with Gasteiger partial charge in [0.2, 0.25) is 0 Å². The number of hydrogen-bond donors (Lipinski definition) is 2. The van der Waals surface area contributed by atoms with Crippen LogP contribution in [0.5, 0.6) is 0 Å². The molecule has 0 aliphatic heterocycles. The summed E-state index contributed by atoms with van der Waals surface area (Å²) in [6.45, 7) is 5.61. The van der Waals surface area contributed by atoms with Gasteiger partial charge in [0, 0.05) is 11.1 Å². The molecule has 0 saturated carbocycles. The van der Waals surface area contributed by atoms with E-state index in [1.807, 2.05) is 0 Å². The van der Waals surface area contributed by atoms with Crippen molar-refractivity contribution in [1.29, 1.82) is 0 Å². The predicted molar refractivity (Wildman–Crippen MR) is 53.1 cm³/mol. The molecule has 1 heterocycles. The molecule has 13 heavy (non-hydrogen) atoms. The van der Waals surface area contributed by atoms with Crippen LogP contribution in [0.4, 0.5) is 5.82 Å². The van der Waals surface area contributed by atoms with Crippen molar-refractivity contribution in [2.24, 2.45) is 0 Å². The molecule has 1 aromatic heterocycles. The van der Waals surface area contributed by atoms with Gasteiger partial charge >= 0.3 is 0 Å². The second-order valence-corrected chi connectivity index (χ2v) is 3.12. The average molecular weight is 200 g/mol. The highest BCUT2D eigenvalue weighted by Crippen LogP contribution is 2.01. The van der Waals surface area contributed by atoms with E-state index in [4.69, 9.17) is 11.6 Å². The molecule has 0 amide bonds. The Morgan fingerprint density at radius 2 is 2.54 bits per heavy atom. The van der Waals surface area contributed by atoms with Crippen LogP contribution in [-0.2, 0) is 0 Å². The fourth-order valence-corrected chi connectivity index (χ4v) is 0.923. The number of aromatic amines is 1. The minimum Gasteiger partial charge on any atom is -0.365 e. The van der Waals surface area contributed by atoms with Gasteiger partial charge in [0.15, 0.2) is 0 Å². The summed E-state index contributed by atoms with van der Waals surface area (Å²) in [5, 5.41) is 3.34. The second-order valence-electron chi connectivity index (χ2n) is 2.59. The molecule has 0 bridgehead atoms. The largest absolute Gasteiger partial charge is 0.365 e. The van der Waals surface area contributed by atoms with Gasteiger partial charge in [-0.15, -0.1) is 0 Å². The Balaban J connectivity index is 2.77. The molecule has 0 saturated heterocycles. The molecule has 0 spiro atoms. The molecule has 4 nitrogen and oxygen atoms in total. The molecule has 0 atom stereocenters. The predicted octanol–water partition coefficient (Wildman–Crippen LogP) is 1.24. The highest BCUT2D eigenvalue weighted by molar-refractivity contribution is 6.29. The second kappa shape index (κ2) is 4.09. The Bertz CT molecular complexity index is 372. The van der Waals surface area contributed by atoms with Crippen LogP contribution in [0.2, 0.25) is 0 Å². The smallest absolute Gasteiger partial charge is 0.252 e. The summed E-state index contributed by atoms with van der Waals surface area (Å²) >= 11 is 5.54. The van der Waals surface area contributed by atoms with Crippen molar-refractivity contribution in [2.75, 3.05) is 11.9 Å². The lowest BCUT2D eigenvalue weighted by molar-refractivity contribution is 1.01. The number of rotatable bonds is 3. The number of aromatic nitrogens is 2. The van der Waals surface area contributed by atoms with Crippen LogP contribution in [0.15, 0.2) is 22.5 Å². The maximum absolute atomic E-state index is 11.0. The maximum atomic E-state index is 11.0. The topological polar surface area (TPSA) is 57.8 Å². The van der Waals surface area contributed by atoms with E-state index in [0.29, 0.717) is 23.2 Å². The number of aryl methyl sites for hydroxylation is 1. The van der Waals surface area contributed by atoms with Gasteiger partial charge in [-0.2, -0.15) is 0 Å². The zero-order valence-corrected chi connectivity index (χ0v) is 7.98. The van der Waals surface area contributed by atoms with Crippen molar-refractivity contribution in [3.63, 3.8) is 0 Å². The molecular weight excluding hydrogens is 190 g/mol. The van der Waals surface area contributed by atoms with Gasteiger partial charge in [-0.25, -0.2) is 4.98 Å². The Labute approximate surface area is 80.7 Å². The Morgan fingerprint density at radius 1 is 1.85 bits per heavy atom. The SMILES string of the molecule is C=C(Cl)CNc1cc(=O)[nH]c(C)n1. The van der Waals surface area contributed by atoms with Gasteiger partial charge in [-0.3, -0.25) is 4.79 Å². The summed E-state index contributed by atoms with van der Waals surface area (Å²) in [5.74, 6) is 1.07. The normalized spacial score (nSPS) is 9.69. The first-order valence-corrected chi connectivity index (χ1v) is 4.11. The van der Waals surface area contributed by atoms with E-state index >= 15 is 0 Å². The molecule has 0 fully saturated rings. The average Bonchev–Trinajstić information content (AvgIpc) is 1.99. The molecule has 1 rings (SSSR count). The van der Waals surface area contributed by atoms with Gasteiger partial charge < -0.3 is 10.3 Å². The molecule has 0 radical (unpaired) electrons. The van der Waals surface area contributed by atoms with Crippen LogP contribution in [0.25, 0.3) is 0 Å². The van der Waals surface area contributed by atoms with Crippen molar-refractivity contribution in [2.45, 2.75) is 6.92 Å².